The van der Waals surface area contributed by atoms with Gasteiger partial charge >= 0.3 is 5.97 Å². The van der Waals surface area contributed by atoms with Crippen LogP contribution in [-0.4, -0.2) is 23.7 Å². The van der Waals surface area contributed by atoms with Crippen molar-refractivity contribution in [2.24, 2.45) is 0 Å². The first-order valence-electron chi connectivity index (χ1n) is 11.4. The highest BCUT2D eigenvalue weighted by molar-refractivity contribution is 5.77. The second-order valence-corrected chi connectivity index (χ2v) is 8.37. The minimum absolute atomic E-state index is 0.0159. The van der Waals surface area contributed by atoms with Crippen LogP contribution in [0.25, 0.3) is 0 Å². The molecular weight excluding hydrogens is 386 g/mol. The fourth-order valence-electron chi connectivity index (χ4n) is 4.67. The van der Waals surface area contributed by atoms with Gasteiger partial charge in [0.15, 0.2) is 0 Å². The summed E-state index contributed by atoms with van der Waals surface area (Å²) in [4.78, 5) is 13.8. The summed E-state index contributed by atoms with van der Waals surface area (Å²) in [6, 6.07) is 16.5. The number of aliphatic carboxylic acids is 1. The van der Waals surface area contributed by atoms with Gasteiger partial charge in [-0.3, -0.25) is 4.79 Å². The largest absolute Gasteiger partial charge is 0.481 e. The maximum Gasteiger partial charge on any atom is 0.303 e. The summed E-state index contributed by atoms with van der Waals surface area (Å²) in [5.41, 5.74) is 4.75. The fraction of sp³-hybridized carbons (Fsp3) is 0.462. The predicted octanol–water partition coefficient (Wildman–Crippen LogP) is 6.43. The zero-order chi connectivity index (χ0) is 22.2. The first kappa shape index (κ1) is 22.7. The number of hydrogen-bond donors (Lipinski definition) is 2. The van der Waals surface area contributed by atoms with Crippen LogP contribution in [-0.2, 0) is 4.79 Å². The molecule has 31 heavy (non-hydrogen) atoms. The van der Waals surface area contributed by atoms with Gasteiger partial charge in [0.1, 0.15) is 0 Å². The number of carboxylic acids is 1. The van der Waals surface area contributed by atoms with E-state index in [1.807, 2.05) is 31.2 Å². The quantitative estimate of drug-likeness (QED) is 0.490. The summed E-state index contributed by atoms with van der Waals surface area (Å²) in [7, 11) is 0. The molecule has 164 valence electrons. The third-order valence-corrected chi connectivity index (χ3v) is 6.36. The number of nitrogens with one attached hydrogen (secondary N) is 1. The molecule has 0 bridgehead atoms. The number of carbonyl (C=O) groups is 1. The van der Waals surface area contributed by atoms with E-state index in [2.05, 4.69) is 41.4 Å². The lowest BCUT2D eigenvalue weighted by atomic mass is 9.91. The van der Waals surface area contributed by atoms with Gasteiger partial charge in [-0.15, -0.1) is 0 Å². The SMILES string of the molecule is CCC(CC(=O)O)c1ccc(N(CC)C2CCCCC2)c(Nc2ccc(C#N)cc2)c1. The van der Waals surface area contributed by atoms with Crippen LogP contribution < -0.4 is 10.2 Å². The summed E-state index contributed by atoms with van der Waals surface area (Å²) in [5.74, 6) is -0.784. The van der Waals surface area contributed by atoms with E-state index < -0.39 is 5.97 Å². The average Bonchev–Trinajstić information content (AvgIpc) is 2.80. The Kier molecular flexibility index (Phi) is 7.94. The zero-order valence-electron chi connectivity index (χ0n) is 18.6. The summed E-state index contributed by atoms with van der Waals surface area (Å²) < 4.78 is 0. The van der Waals surface area contributed by atoms with Crippen molar-refractivity contribution in [2.45, 2.75) is 70.8 Å². The molecule has 0 amide bonds. The third kappa shape index (κ3) is 5.79. The van der Waals surface area contributed by atoms with Gasteiger partial charge in [0.05, 0.1) is 29.4 Å². The number of carboxylic acid groups (broad SMARTS) is 1. The molecule has 2 aromatic rings. The highest BCUT2D eigenvalue weighted by atomic mass is 16.4. The molecule has 1 fully saturated rings. The van der Waals surface area contributed by atoms with Crippen LogP contribution in [0.1, 0.15) is 75.8 Å². The molecule has 3 rings (SSSR count). The van der Waals surface area contributed by atoms with E-state index in [4.69, 9.17) is 5.26 Å². The van der Waals surface area contributed by atoms with Gasteiger partial charge in [0.2, 0.25) is 0 Å². The van der Waals surface area contributed by atoms with Gasteiger partial charge < -0.3 is 15.3 Å². The van der Waals surface area contributed by atoms with Gasteiger partial charge in [0, 0.05) is 18.3 Å². The van der Waals surface area contributed by atoms with E-state index in [1.165, 1.54) is 32.1 Å². The molecule has 0 aliphatic heterocycles. The maximum atomic E-state index is 11.4. The lowest BCUT2D eigenvalue weighted by Gasteiger charge is -2.37. The van der Waals surface area contributed by atoms with Crippen molar-refractivity contribution in [1.82, 2.24) is 0 Å². The molecule has 5 heteroatoms. The molecule has 2 aromatic carbocycles. The smallest absolute Gasteiger partial charge is 0.303 e. The van der Waals surface area contributed by atoms with Crippen LogP contribution in [0.3, 0.4) is 0 Å². The van der Waals surface area contributed by atoms with Gasteiger partial charge in [-0.1, -0.05) is 32.3 Å². The summed E-state index contributed by atoms with van der Waals surface area (Å²) in [6.07, 6.45) is 7.19. The molecule has 5 nitrogen and oxygen atoms in total. The first-order chi connectivity index (χ1) is 15.0. The summed E-state index contributed by atoms with van der Waals surface area (Å²) in [5, 5.41) is 22.0. The summed E-state index contributed by atoms with van der Waals surface area (Å²) in [6.45, 7) is 5.17. The number of hydrogen-bond acceptors (Lipinski definition) is 4. The van der Waals surface area contributed by atoms with Crippen LogP contribution in [0, 0.1) is 11.3 Å². The van der Waals surface area contributed by atoms with E-state index in [-0.39, 0.29) is 12.3 Å². The van der Waals surface area contributed by atoms with Crippen LogP contribution in [0.2, 0.25) is 0 Å². The van der Waals surface area contributed by atoms with Crippen LogP contribution in [0.4, 0.5) is 17.1 Å². The van der Waals surface area contributed by atoms with E-state index in [9.17, 15) is 9.90 Å². The number of benzene rings is 2. The molecule has 0 spiro atoms. The highest BCUT2D eigenvalue weighted by Gasteiger charge is 2.23. The predicted molar refractivity (Wildman–Crippen MR) is 126 cm³/mol. The van der Waals surface area contributed by atoms with E-state index in [0.717, 1.165) is 35.6 Å². The Labute approximate surface area is 185 Å². The first-order valence-corrected chi connectivity index (χ1v) is 11.4. The Morgan fingerprint density at radius 1 is 1.16 bits per heavy atom. The third-order valence-electron chi connectivity index (χ3n) is 6.36. The standard InChI is InChI=1S/C26H33N3O2/c1-3-20(17-26(30)31)21-12-15-25(29(4-2)23-8-6-5-7-9-23)24(16-21)28-22-13-10-19(18-27)11-14-22/h10-16,20,23,28H,3-9,17H2,1-2H3,(H,30,31). The Hall–Kier alpha value is -3.00. The molecule has 1 saturated carbocycles. The molecule has 0 aromatic heterocycles. The van der Waals surface area contributed by atoms with Crippen molar-refractivity contribution in [3.05, 3.63) is 53.6 Å². The highest BCUT2D eigenvalue weighted by Crippen LogP contribution is 2.37. The van der Waals surface area contributed by atoms with E-state index in [1.54, 1.807) is 0 Å². The number of nitrogens with zero attached hydrogens (tertiary/aromatic N) is 2. The van der Waals surface area contributed by atoms with Gasteiger partial charge in [-0.25, -0.2) is 0 Å². The van der Waals surface area contributed by atoms with Crippen LogP contribution in [0.15, 0.2) is 42.5 Å². The lowest BCUT2D eigenvalue weighted by Crippen LogP contribution is -2.37. The minimum Gasteiger partial charge on any atom is -0.481 e. The molecule has 1 unspecified atom stereocenters. The van der Waals surface area contributed by atoms with Crippen molar-refractivity contribution in [3.63, 3.8) is 0 Å². The molecule has 1 atom stereocenters. The zero-order valence-corrected chi connectivity index (χ0v) is 18.6. The Bertz CT molecular complexity index is 911. The van der Waals surface area contributed by atoms with Crippen molar-refractivity contribution in [2.75, 3.05) is 16.8 Å². The van der Waals surface area contributed by atoms with Crippen molar-refractivity contribution >= 4 is 23.0 Å². The molecule has 0 saturated heterocycles. The molecule has 1 aliphatic rings. The maximum absolute atomic E-state index is 11.4. The fourth-order valence-corrected chi connectivity index (χ4v) is 4.67. The molecule has 0 heterocycles. The molecule has 2 N–H and O–H groups in total. The number of anilines is 3. The van der Waals surface area contributed by atoms with Crippen LogP contribution >= 0.6 is 0 Å². The summed E-state index contributed by atoms with van der Waals surface area (Å²) >= 11 is 0. The Balaban J connectivity index is 1.99. The average molecular weight is 420 g/mol. The second-order valence-electron chi connectivity index (χ2n) is 8.37. The van der Waals surface area contributed by atoms with E-state index >= 15 is 0 Å². The lowest BCUT2D eigenvalue weighted by molar-refractivity contribution is -0.137. The topological polar surface area (TPSA) is 76.4 Å². The molecular formula is C26H33N3O2. The van der Waals surface area contributed by atoms with Gasteiger partial charge in [-0.05, 0) is 74.1 Å². The second kappa shape index (κ2) is 10.9. The monoisotopic (exact) mass is 419 g/mol. The van der Waals surface area contributed by atoms with Crippen molar-refractivity contribution in [1.29, 1.82) is 5.26 Å². The van der Waals surface area contributed by atoms with Gasteiger partial charge in [-0.2, -0.15) is 5.26 Å². The Morgan fingerprint density at radius 3 is 2.45 bits per heavy atom. The normalized spacial score (nSPS) is 15.1. The van der Waals surface area contributed by atoms with E-state index in [0.29, 0.717) is 11.6 Å². The molecule has 1 aliphatic carbocycles. The van der Waals surface area contributed by atoms with Crippen molar-refractivity contribution in [3.8, 4) is 6.07 Å². The Morgan fingerprint density at radius 2 is 1.87 bits per heavy atom. The van der Waals surface area contributed by atoms with Gasteiger partial charge in [0.25, 0.3) is 0 Å². The molecule has 0 radical (unpaired) electrons. The van der Waals surface area contributed by atoms with Crippen molar-refractivity contribution < 1.29 is 9.90 Å². The van der Waals surface area contributed by atoms with Crippen LogP contribution in [0.5, 0.6) is 0 Å². The number of rotatable bonds is 9. The number of nitriles is 1. The minimum atomic E-state index is -0.769.